The minimum absolute atomic E-state index is 0.159. The highest BCUT2D eigenvalue weighted by Gasteiger charge is 2.25. The molecule has 0 spiro atoms. The molecule has 0 saturated heterocycles. The van der Waals surface area contributed by atoms with Crippen molar-refractivity contribution in [3.05, 3.63) is 65.8 Å². The fraction of sp³-hybridized carbons (Fsp3) is 0.250. The predicted molar refractivity (Wildman–Crippen MR) is 105 cm³/mol. The molecule has 3 heterocycles. The van der Waals surface area contributed by atoms with Gasteiger partial charge in [-0.2, -0.15) is 0 Å². The van der Waals surface area contributed by atoms with Gasteiger partial charge in [-0.25, -0.2) is 15.0 Å². The van der Waals surface area contributed by atoms with E-state index in [1.54, 1.807) is 17.7 Å². The lowest BCUT2D eigenvalue weighted by molar-refractivity contribution is 0.874. The van der Waals surface area contributed by atoms with Crippen LogP contribution >= 0.6 is 11.3 Å². The number of benzene rings is 1. The second-order valence-electron chi connectivity index (χ2n) is 6.80. The molecule has 1 atom stereocenters. The molecule has 3 aromatic heterocycles. The van der Waals surface area contributed by atoms with Gasteiger partial charge in [-0.1, -0.05) is 12.1 Å². The van der Waals surface area contributed by atoms with Gasteiger partial charge in [-0.3, -0.25) is 0 Å². The largest absolute Gasteiger partial charge is 0.363 e. The van der Waals surface area contributed by atoms with Gasteiger partial charge in [-0.05, 0) is 48.9 Å². The van der Waals surface area contributed by atoms with Gasteiger partial charge in [0, 0.05) is 23.8 Å². The minimum atomic E-state index is 0.159. The SMILES string of the molecule is C[C@H](Nc1ncnc2sccc12)c1ccc(-n2cnc(C3CC3)c2)cc1. The lowest BCUT2D eigenvalue weighted by atomic mass is 10.1. The maximum atomic E-state index is 4.53. The molecule has 6 heteroatoms. The van der Waals surface area contributed by atoms with E-state index in [1.165, 1.54) is 24.1 Å². The molecule has 1 saturated carbocycles. The van der Waals surface area contributed by atoms with E-state index in [9.17, 15) is 0 Å². The summed E-state index contributed by atoms with van der Waals surface area (Å²) >= 11 is 1.63. The van der Waals surface area contributed by atoms with Crippen molar-refractivity contribution < 1.29 is 0 Å². The van der Waals surface area contributed by atoms with Crippen molar-refractivity contribution in [2.45, 2.75) is 31.7 Å². The Morgan fingerprint density at radius 3 is 2.77 bits per heavy atom. The van der Waals surface area contributed by atoms with E-state index in [0.717, 1.165) is 21.7 Å². The van der Waals surface area contributed by atoms with Crippen LogP contribution in [0.4, 0.5) is 5.82 Å². The molecular formula is C20H19N5S. The minimum Gasteiger partial charge on any atom is -0.363 e. The van der Waals surface area contributed by atoms with E-state index in [4.69, 9.17) is 0 Å². The van der Waals surface area contributed by atoms with Crippen LogP contribution in [0.5, 0.6) is 0 Å². The van der Waals surface area contributed by atoms with Crippen LogP contribution < -0.4 is 5.32 Å². The average molecular weight is 361 g/mol. The first-order chi connectivity index (χ1) is 12.8. The molecule has 1 aliphatic rings. The Morgan fingerprint density at radius 2 is 1.96 bits per heavy atom. The average Bonchev–Trinajstić information content (AvgIpc) is 3.20. The number of fused-ring (bicyclic) bond motifs is 1. The standard InChI is InChI=1S/C20H19N5S/c1-13(24-19-17-8-9-26-20(17)22-11-21-19)14-4-6-16(7-5-14)25-10-18(23-12-25)15-2-3-15/h4-13,15H,2-3H2,1H3,(H,21,22,24)/t13-/m0/s1. The topological polar surface area (TPSA) is 55.6 Å². The molecule has 5 nitrogen and oxygen atoms in total. The Labute approximate surface area is 155 Å². The van der Waals surface area contributed by atoms with Gasteiger partial charge in [0.05, 0.1) is 17.4 Å². The first-order valence-electron chi connectivity index (χ1n) is 8.87. The van der Waals surface area contributed by atoms with Gasteiger partial charge < -0.3 is 9.88 Å². The van der Waals surface area contributed by atoms with Crippen LogP contribution in [0.15, 0.2) is 54.6 Å². The van der Waals surface area contributed by atoms with Crippen LogP contribution in [0, 0.1) is 0 Å². The van der Waals surface area contributed by atoms with Crippen molar-refractivity contribution in [1.82, 2.24) is 19.5 Å². The molecule has 130 valence electrons. The molecule has 1 aliphatic carbocycles. The van der Waals surface area contributed by atoms with Crippen LogP contribution in [-0.4, -0.2) is 19.5 Å². The van der Waals surface area contributed by atoms with Crippen molar-refractivity contribution in [3.8, 4) is 5.69 Å². The summed E-state index contributed by atoms with van der Waals surface area (Å²) in [6.07, 6.45) is 8.24. The molecule has 1 N–H and O–H groups in total. The molecule has 0 amide bonds. The molecule has 1 aromatic carbocycles. The van der Waals surface area contributed by atoms with E-state index in [0.29, 0.717) is 5.92 Å². The van der Waals surface area contributed by atoms with Gasteiger partial charge >= 0.3 is 0 Å². The van der Waals surface area contributed by atoms with Gasteiger partial charge in [0.25, 0.3) is 0 Å². The number of hydrogen-bond donors (Lipinski definition) is 1. The molecule has 0 unspecified atom stereocenters. The molecule has 26 heavy (non-hydrogen) atoms. The zero-order valence-corrected chi connectivity index (χ0v) is 15.3. The summed E-state index contributed by atoms with van der Waals surface area (Å²) in [4.78, 5) is 14.3. The highest BCUT2D eigenvalue weighted by Crippen LogP contribution is 2.39. The Morgan fingerprint density at radius 1 is 1.12 bits per heavy atom. The lowest BCUT2D eigenvalue weighted by Gasteiger charge is -2.16. The normalized spacial score (nSPS) is 15.3. The van der Waals surface area contributed by atoms with E-state index >= 15 is 0 Å². The van der Waals surface area contributed by atoms with Crippen molar-refractivity contribution in [1.29, 1.82) is 0 Å². The maximum Gasteiger partial charge on any atom is 0.138 e. The van der Waals surface area contributed by atoms with Crippen molar-refractivity contribution in [3.63, 3.8) is 0 Å². The number of hydrogen-bond acceptors (Lipinski definition) is 5. The van der Waals surface area contributed by atoms with Crippen LogP contribution in [0.25, 0.3) is 15.9 Å². The molecule has 0 bridgehead atoms. The number of nitrogens with zero attached hydrogens (tertiary/aromatic N) is 4. The van der Waals surface area contributed by atoms with E-state index in [-0.39, 0.29) is 6.04 Å². The highest BCUT2D eigenvalue weighted by molar-refractivity contribution is 7.16. The van der Waals surface area contributed by atoms with Crippen LogP contribution in [0.2, 0.25) is 0 Å². The maximum absolute atomic E-state index is 4.53. The lowest BCUT2D eigenvalue weighted by Crippen LogP contribution is -2.08. The summed E-state index contributed by atoms with van der Waals surface area (Å²) in [7, 11) is 0. The third-order valence-corrected chi connectivity index (χ3v) is 5.73. The fourth-order valence-corrected chi connectivity index (χ4v) is 3.93. The van der Waals surface area contributed by atoms with Gasteiger partial charge in [0.2, 0.25) is 0 Å². The van der Waals surface area contributed by atoms with Crippen molar-refractivity contribution in [2.24, 2.45) is 0 Å². The number of thiophene rings is 1. The zero-order chi connectivity index (χ0) is 17.5. The summed E-state index contributed by atoms with van der Waals surface area (Å²) < 4.78 is 2.11. The van der Waals surface area contributed by atoms with Crippen LogP contribution in [-0.2, 0) is 0 Å². The van der Waals surface area contributed by atoms with E-state index < -0.39 is 0 Å². The molecule has 0 radical (unpaired) electrons. The van der Waals surface area contributed by atoms with E-state index in [2.05, 4.69) is 68.3 Å². The third kappa shape index (κ3) is 2.86. The molecule has 1 fully saturated rings. The second kappa shape index (κ2) is 6.21. The van der Waals surface area contributed by atoms with Crippen LogP contribution in [0.1, 0.15) is 43.0 Å². The summed E-state index contributed by atoms with van der Waals surface area (Å²) in [5.41, 5.74) is 3.58. The highest BCUT2D eigenvalue weighted by atomic mass is 32.1. The summed E-state index contributed by atoms with van der Waals surface area (Å²) in [6, 6.07) is 10.8. The Bertz CT molecular complexity index is 1050. The van der Waals surface area contributed by atoms with Crippen molar-refractivity contribution >= 4 is 27.4 Å². The van der Waals surface area contributed by atoms with Gasteiger partial charge in [0.1, 0.15) is 17.0 Å². The smallest absolute Gasteiger partial charge is 0.138 e. The monoisotopic (exact) mass is 361 g/mol. The quantitative estimate of drug-likeness (QED) is 0.548. The Hall–Kier alpha value is -2.73. The Kier molecular flexibility index (Phi) is 3.71. The number of anilines is 1. The van der Waals surface area contributed by atoms with Crippen LogP contribution in [0.3, 0.4) is 0 Å². The summed E-state index contributed by atoms with van der Waals surface area (Å²) in [5, 5.41) is 6.63. The fourth-order valence-electron chi connectivity index (χ4n) is 3.20. The predicted octanol–water partition coefficient (Wildman–Crippen LogP) is 4.93. The number of rotatable bonds is 5. The van der Waals surface area contributed by atoms with Gasteiger partial charge in [-0.15, -0.1) is 11.3 Å². The first kappa shape index (κ1) is 15.5. The third-order valence-electron chi connectivity index (χ3n) is 4.90. The number of imidazole rings is 1. The van der Waals surface area contributed by atoms with Gasteiger partial charge in [0.15, 0.2) is 0 Å². The van der Waals surface area contributed by atoms with E-state index in [1.807, 2.05) is 11.7 Å². The molecular weight excluding hydrogens is 342 g/mol. The molecule has 4 aromatic rings. The number of aromatic nitrogens is 4. The zero-order valence-electron chi connectivity index (χ0n) is 14.5. The first-order valence-corrected chi connectivity index (χ1v) is 9.75. The molecule has 0 aliphatic heterocycles. The summed E-state index contributed by atoms with van der Waals surface area (Å²) in [5.74, 6) is 1.57. The summed E-state index contributed by atoms with van der Waals surface area (Å²) in [6.45, 7) is 2.15. The number of nitrogens with one attached hydrogen (secondary N) is 1. The molecule has 5 rings (SSSR count). The van der Waals surface area contributed by atoms with Crippen molar-refractivity contribution in [2.75, 3.05) is 5.32 Å². The second-order valence-corrected chi connectivity index (χ2v) is 7.69. The Balaban J connectivity index is 1.35.